The fourth-order valence-corrected chi connectivity index (χ4v) is 3.12. The lowest BCUT2D eigenvalue weighted by Crippen LogP contribution is -2.51. The Balaban J connectivity index is 2.48. The number of hydrogen-bond donors (Lipinski definition) is 5. The van der Waals surface area contributed by atoms with E-state index in [-0.39, 0.29) is 5.82 Å². The average Bonchev–Trinajstić information content (AvgIpc) is 2.71. The number of ether oxygens (including phenoxy) is 2. The van der Waals surface area contributed by atoms with Gasteiger partial charge in [0.25, 0.3) is 0 Å². The van der Waals surface area contributed by atoms with Gasteiger partial charge in [0.1, 0.15) is 11.9 Å². The van der Waals surface area contributed by atoms with E-state index in [1.807, 2.05) is 0 Å². The number of nitrogens with zero attached hydrogens (tertiary/aromatic N) is 2. The molecule has 23 heavy (non-hydrogen) atoms. The average molecular weight is 369 g/mol. The Bertz CT molecular complexity index is 680. The van der Waals surface area contributed by atoms with Crippen LogP contribution in [0, 0.1) is 0 Å². The molecule has 0 spiro atoms. The third kappa shape index (κ3) is 3.60. The van der Waals surface area contributed by atoms with E-state index in [1.165, 1.54) is 12.3 Å². The van der Waals surface area contributed by atoms with Crippen LogP contribution < -0.4 is 11.4 Å². The van der Waals surface area contributed by atoms with Gasteiger partial charge in [0.15, 0.2) is 12.3 Å². The minimum atomic E-state index is -4.22. The summed E-state index contributed by atoms with van der Waals surface area (Å²) >= 11 is 4.37. The van der Waals surface area contributed by atoms with Gasteiger partial charge in [-0.3, -0.25) is 9.09 Å². The van der Waals surface area contributed by atoms with Crippen LogP contribution in [0.15, 0.2) is 17.1 Å². The summed E-state index contributed by atoms with van der Waals surface area (Å²) in [7, 11) is 1.08. The third-order valence-corrected chi connectivity index (χ3v) is 4.02. The first kappa shape index (κ1) is 18.4. The van der Waals surface area contributed by atoms with Crippen molar-refractivity contribution < 1.29 is 34.0 Å². The molecule has 6 N–H and O–H groups in total. The molecular formula is C10H16N3O8PS. The molecule has 0 amide bonds. The fourth-order valence-electron chi connectivity index (χ4n) is 2.26. The first-order valence-corrected chi connectivity index (χ1v) is 8.87. The maximum Gasteiger partial charge on any atom is 0.351 e. The maximum atomic E-state index is 11.9. The van der Waals surface area contributed by atoms with Crippen LogP contribution in [0.4, 0.5) is 5.82 Å². The van der Waals surface area contributed by atoms with E-state index < -0.39 is 43.2 Å². The van der Waals surface area contributed by atoms with Gasteiger partial charge in [0, 0.05) is 13.3 Å². The minimum absolute atomic E-state index is 0.0436. The second-order valence-corrected chi connectivity index (χ2v) is 7.34. The number of nitrogen functional groups attached to an aromatic ring is 1. The van der Waals surface area contributed by atoms with Gasteiger partial charge in [-0.2, -0.15) is 4.98 Å². The molecule has 1 aliphatic heterocycles. The standard InChI is InChI=1S/C10H16N3O8PS/c1-19-10(16)7(21-22(17,18)23)5(4-14)20-8(10)13-3-2-6(11)12-9(13)15/h2-3,5,7-8,14,16H,4H2,1H3,(H2,11,12,15)(H2,17,18,23)/t5-,7-,8-,10+/m1/s1. The quantitative estimate of drug-likeness (QED) is 0.278. The normalized spacial score (nSPS) is 31.4. The molecule has 1 fully saturated rings. The highest BCUT2D eigenvalue weighted by Crippen LogP contribution is 2.48. The van der Waals surface area contributed by atoms with Crippen molar-refractivity contribution in [2.24, 2.45) is 0 Å². The lowest BCUT2D eigenvalue weighted by atomic mass is 10.1. The molecule has 1 aromatic heterocycles. The smallest absolute Gasteiger partial charge is 0.351 e. The van der Waals surface area contributed by atoms with Crippen molar-refractivity contribution >= 4 is 24.3 Å². The van der Waals surface area contributed by atoms with Crippen molar-refractivity contribution in [1.29, 1.82) is 0 Å². The number of nitrogens with two attached hydrogens (primary N) is 1. The minimum Gasteiger partial charge on any atom is -0.394 e. The van der Waals surface area contributed by atoms with Gasteiger partial charge >= 0.3 is 12.4 Å². The van der Waals surface area contributed by atoms with Gasteiger partial charge in [-0.15, -0.1) is 0 Å². The van der Waals surface area contributed by atoms with Crippen molar-refractivity contribution in [3.8, 4) is 0 Å². The molecule has 2 rings (SSSR count). The fraction of sp³-hybridized carbons (Fsp3) is 0.600. The Labute approximate surface area is 135 Å². The van der Waals surface area contributed by atoms with Gasteiger partial charge in [0.05, 0.1) is 6.61 Å². The van der Waals surface area contributed by atoms with Crippen LogP contribution in [0.1, 0.15) is 6.23 Å². The highest BCUT2D eigenvalue weighted by molar-refractivity contribution is 8.06. The van der Waals surface area contributed by atoms with Crippen LogP contribution in [0.2, 0.25) is 0 Å². The summed E-state index contributed by atoms with van der Waals surface area (Å²) in [5.41, 5.74) is 4.54. The Hall–Kier alpha value is -0.950. The zero-order chi connectivity index (χ0) is 17.4. The van der Waals surface area contributed by atoms with Crippen molar-refractivity contribution in [2.45, 2.75) is 24.2 Å². The number of hydrogen-bond acceptors (Lipinski definition) is 9. The predicted octanol–water partition coefficient (Wildman–Crippen LogP) is -2.36. The second-order valence-electron chi connectivity index (χ2n) is 4.72. The summed E-state index contributed by atoms with van der Waals surface area (Å²) in [6.45, 7) is -4.88. The van der Waals surface area contributed by atoms with Gasteiger partial charge in [0.2, 0.25) is 5.79 Å². The third-order valence-electron chi connectivity index (χ3n) is 3.26. The molecule has 13 heteroatoms. The number of methoxy groups -OCH3 is 1. The summed E-state index contributed by atoms with van der Waals surface area (Å²) < 4.78 is 16.0. The molecule has 0 unspecified atom stereocenters. The van der Waals surface area contributed by atoms with E-state index in [4.69, 9.17) is 19.7 Å². The molecule has 130 valence electrons. The van der Waals surface area contributed by atoms with Gasteiger partial charge < -0.3 is 35.2 Å². The van der Waals surface area contributed by atoms with E-state index in [0.717, 1.165) is 11.7 Å². The van der Waals surface area contributed by atoms with Crippen molar-refractivity contribution in [2.75, 3.05) is 19.5 Å². The van der Waals surface area contributed by atoms with E-state index in [2.05, 4.69) is 16.8 Å². The molecule has 1 aromatic rings. The maximum absolute atomic E-state index is 11.9. The zero-order valence-corrected chi connectivity index (χ0v) is 13.6. The summed E-state index contributed by atoms with van der Waals surface area (Å²) in [6.07, 6.45) is -3.09. The summed E-state index contributed by atoms with van der Waals surface area (Å²) in [5, 5.41) is 20.0. The Morgan fingerprint density at radius 1 is 1.61 bits per heavy atom. The lowest BCUT2D eigenvalue weighted by molar-refractivity contribution is -0.262. The second kappa shape index (κ2) is 6.51. The number of aliphatic hydroxyl groups is 2. The first-order valence-electron chi connectivity index (χ1n) is 6.25. The molecule has 11 nitrogen and oxygen atoms in total. The number of aromatic nitrogens is 2. The van der Waals surface area contributed by atoms with Crippen molar-refractivity contribution in [3.05, 3.63) is 22.7 Å². The van der Waals surface area contributed by atoms with Gasteiger partial charge in [-0.1, -0.05) is 0 Å². The molecule has 1 saturated heterocycles. The predicted molar refractivity (Wildman–Crippen MR) is 79.5 cm³/mol. The highest BCUT2D eigenvalue weighted by atomic mass is 32.5. The topological polar surface area (TPSA) is 170 Å². The molecule has 0 saturated carbocycles. The Morgan fingerprint density at radius 3 is 2.74 bits per heavy atom. The van der Waals surface area contributed by atoms with Gasteiger partial charge in [-0.25, -0.2) is 4.79 Å². The first-order chi connectivity index (χ1) is 10.6. The molecule has 0 bridgehead atoms. The number of aliphatic hydroxyl groups excluding tert-OH is 1. The monoisotopic (exact) mass is 369 g/mol. The molecular weight excluding hydrogens is 353 g/mol. The van der Waals surface area contributed by atoms with Crippen LogP contribution in [0.25, 0.3) is 0 Å². The molecule has 0 aliphatic carbocycles. The summed E-state index contributed by atoms with van der Waals surface area (Å²) in [6, 6.07) is 1.28. The van der Waals surface area contributed by atoms with E-state index in [9.17, 15) is 24.8 Å². The van der Waals surface area contributed by atoms with Crippen molar-refractivity contribution in [3.63, 3.8) is 0 Å². The SMILES string of the molecule is CO[C@@]1(O)[C@H](OP(O)(O)=S)[C@@H](CO)O[C@H]1n1ccc(N)nc1=O. The van der Waals surface area contributed by atoms with E-state index >= 15 is 0 Å². The molecule has 2 heterocycles. The summed E-state index contributed by atoms with van der Waals surface area (Å²) in [5.74, 6) is -2.39. The van der Waals surface area contributed by atoms with Crippen LogP contribution in [-0.4, -0.2) is 61.3 Å². The Kier molecular flexibility index (Phi) is 5.21. The van der Waals surface area contributed by atoms with Crippen LogP contribution in [0.5, 0.6) is 0 Å². The van der Waals surface area contributed by atoms with Crippen LogP contribution >= 0.6 is 6.72 Å². The molecule has 1 aliphatic rings. The van der Waals surface area contributed by atoms with Gasteiger partial charge in [-0.05, 0) is 17.9 Å². The van der Waals surface area contributed by atoms with E-state index in [0.29, 0.717) is 0 Å². The largest absolute Gasteiger partial charge is 0.394 e. The molecule has 0 radical (unpaired) electrons. The highest BCUT2D eigenvalue weighted by Gasteiger charge is 2.60. The number of rotatable bonds is 5. The Morgan fingerprint density at radius 2 is 2.26 bits per heavy atom. The zero-order valence-electron chi connectivity index (χ0n) is 11.8. The van der Waals surface area contributed by atoms with Crippen LogP contribution in [0.3, 0.4) is 0 Å². The van der Waals surface area contributed by atoms with Crippen molar-refractivity contribution in [1.82, 2.24) is 9.55 Å². The van der Waals surface area contributed by atoms with E-state index in [1.54, 1.807) is 0 Å². The molecule has 4 atom stereocenters. The summed E-state index contributed by atoms with van der Waals surface area (Å²) in [4.78, 5) is 34.1. The number of anilines is 1. The van der Waals surface area contributed by atoms with Crippen LogP contribution in [-0.2, 0) is 25.8 Å². The molecule has 0 aromatic carbocycles. The lowest BCUT2D eigenvalue weighted by Gasteiger charge is -2.32.